The summed E-state index contributed by atoms with van der Waals surface area (Å²) in [6, 6.07) is 2.25. The standard InChI is InChI=1S/C15H21N/c1-3-5-6-9-16-10-8-14-11-13(7-4-2)12-15(14)16/h4,8,10-11H,2-3,5-7,9,12H2,1H3. The van der Waals surface area contributed by atoms with Crippen molar-refractivity contribution in [1.82, 2.24) is 4.57 Å². The number of hydrogen-bond donors (Lipinski definition) is 0. The van der Waals surface area contributed by atoms with E-state index in [-0.39, 0.29) is 0 Å². The highest BCUT2D eigenvalue weighted by Crippen LogP contribution is 2.28. The summed E-state index contributed by atoms with van der Waals surface area (Å²) in [5.74, 6) is 0. The van der Waals surface area contributed by atoms with Gasteiger partial charge in [-0.3, -0.25) is 0 Å². The Labute approximate surface area is 98.5 Å². The Balaban J connectivity index is 2.00. The normalized spacial score (nSPS) is 13.7. The summed E-state index contributed by atoms with van der Waals surface area (Å²) in [6.07, 6.45) is 12.6. The van der Waals surface area contributed by atoms with E-state index in [1.165, 1.54) is 42.6 Å². The number of rotatable bonds is 6. The zero-order valence-corrected chi connectivity index (χ0v) is 10.2. The van der Waals surface area contributed by atoms with Gasteiger partial charge in [0, 0.05) is 24.9 Å². The van der Waals surface area contributed by atoms with Crippen molar-refractivity contribution in [3.05, 3.63) is 41.7 Å². The average molecular weight is 215 g/mol. The summed E-state index contributed by atoms with van der Waals surface area (Å²) in [6.45, 7) is 7.24. The van der Waals surface area contributed by atoms with E-state index in [1.54, 1.807) is 0 Å². The Bertz CT molecular complexity index is 396. The third-order valence-corrected chi connectivity index (χ3v) is 3.28. The Kier molecular flexibility index (Phi) is 3.66. The molecule has 0 aromatic carbocycles. The Hall–Kier alpha value is -1.24. The molecule has 0 unspecified atom stereocenters. The van der Waals surface area contributed by atoms with E-state index in [4.69, 9.17) is 0 Å². The van der Waals surface area contributed by atoms with Gasteiger partial charge < -0.3 is 4.57 Å². The molecule has 1 aromatic heterocycles. The van der Waals surface area contributed by atoms with Crippen molar-refractivity contribution >= 4 is 6.08 Å². The maximum absolute atomic E-state index is 3.81. The van der Waals surface area contributed by atoms with Crippen molar-refractivity contribution in [2.24, 2.45) is 0 Å². The first-order valence-electron chi connectivity index (χ1n) is 6.33. The van der Waals surface area contributed by atoms with Crippen LogP contribution in [0, 0.1) is 0 Å². The van der Waals surface area contributed by atoms with Gasteiger partial charge in [0.05, 0.1) is 0 Å². The minimum atomic E-state index is 1.03. The number of fused-ring (bicyclic) bond motifs is 1. The minimum Gasteiger partial charge on any atom is -0.351 e. The van der Waals surface area contributed by atoms with Crippen molar-refractivity contribution in [3.63, 3.8) is 0 Å². The molecule has 16 heavy (non-hydrogen) atoms. The largest absolute Gasteiger partial charge is 0.351 e. The Morgan fingerprint density at radius 3 is 3.06 bits per heavy atom. The molecule has 86 valence electrons. The van der Waals surface area contributed by atoms with Gasteiger partial charge in [0.25, 0.3) is 0 Å². The number of unbranched alkanes of at least 4 members (excludes halogenated alkanes) is 2. The van der Waals surface area contributed by atoms with Crippen LogP contribution in [0.1, 0.15) is 43.9 Å². The van der Waals surface area contributed by atoms with Crippen LogP contribution in [-0.2, 0) is 13.0 Å². The minimum absolute atomic E-state index is 1.03. The van der Waals surface area contributed by atoms with E-state index in [0.717, 1.165) is 12.8 Å². The van der Waals surface area contributed by atoms with Gasteiger partial charge in [0.15, 0.2) is 0 Å². The Morgan fingerprint density at radius 1 is 1.44 bits per heavy atom. The quantitative estimate of drug-likeness (QED) is 0.495. The van der Waals surface area contributed by atoms with E-state index >= 15 is 0 Å². The topological polar surface area (TPSA) is 4.93 Å². The van der Waals surface area contributed by atoms with Crippen LogP contribution in [0.25, 0.3) is 6.08 Å². The highest BCUT2D eigenvalue weighted by molar-refractivity contribution is 5.62. The third-order valence-electron chi connectivity index (χ3n) is 3.28. The first kappa shape index (κ1) is 11.3. The first-order valence-corrected chi connectivity index (χ1v) is 6.33. The molecule has 1 aliphatic carbocycles. The smallest absolute Gasteiger partial charge is 0.0288 e. The molecule has 2 rings (SSSR count). The van der Waals surface area contributed by atoms with Crippen molar-refractivity contribution in [3.8, 4) is 0 Å². The van der Waals surface area contributed by atoms with Crippen LogP contribution in [0.15, 0.2) is 30.5 Å². The molecule has 0 N–H and O–H groups in total. The molecule has 0 atom stereocenters. The lowest BCUT2D eigenvalue weighted by molar-refractivity contribution is 0.590. The van der Waals surface area contributed by atoms with Crippen LogP contribution >= 0.6 is 0 Å². The zero-order valence-electron chi connectivity index (χ0n) is 10.2. The van der Waals surface area contributed by atoms with Crippen LogP contribution in [0.2, 0.25) is 0 Å². The van der Waals surface area contributed by atoms with Gasteiger partial charge in [-0.15, -0.1) is 6.58 Å². The summed E-state index contributed by atoms with van der Waals surface area (Å²) < 4.78 is 2.43. The zero-order chi connectivity index (χ0) is 11.4. The molecule has 0 aliphatic heterocycles. The van der Waals surface area contributed by atoms with Crippen molar-refractivity contribution in [1.29, 1.82) is 0 Å². The van der Waals surface area contributed by atoms with Crippen LogP contribution in [0.5, 0.6) is 0 Å². The lowest BCUT2D eigenvalue weighted by atomic mass is 10.1. The van der Waals surface area contributed by atoms with E-state index in [2.05, 4.69) is 36.4 Å². The second-order valence-electron chi connectivity index (χ2n) is 4.59. The fourth-order valence-electron chi connectivity index (χ4n) is 2.40. The Morgan fingerprint density at radius 2 is 2.31 bits per heavy atom. The molecule has 0 saturated carbocycles. The van der Waals surface area contributed by atoms with Gasteiger partial charge >= 0.3 is 0 Å². The van der Waals surface area contributed by atoms with Crippen molar-refractivity contribution in [2.45, 2.75) is 45.6 Å². The fourth-order valence-corrected chi connectivity index (χ4v) is 2.40. The predicted octanol–water partition coefficient (Wildman–Crippen LogP) is 4.19. The molecule has 0 radical (unpaired) electrons. The van der Waals surface area contributed by atoms with Gasteiger partial charge in [-0.05, 0) is 24.5 Å². The monoisotopic (exact) mass is 215 g/mol. The van der Waals surface area contributed by atoms with Gasteiger partial charge in [0.2, 0.25) is 0 Å². The van der Waals surface area contributed by atoms with E-state index < -0.39 is 0 Å². The average Bonchev–Trinajstić information content (AvgIpc) is 2.80. The van der Waals surface area contributed by atoms with Crippen LogP contribution in [0.4, 0.5) is 0 Å². The van der Waals surface area contributed by atoms with Crippen molar-refractivity contribution in [2.75, 3.05) is 0 Å². The molecule has 0 fully saturated rings. The van der Waals surface area contributed by atoms with E-state index in [0.29, 0.717) is 0 Å². The number of allylic oxidation sites excluding steroid dienone is 2. The lowest BCUT2D eigenvalue weighted by Crippen LogP contribution is -2.01. The van der Waals surface area contributed by atoms with Gasteiger partial charge in [-0.25, -0.2) is 0 Å². The van der Waals surface area contributed by atoms with Crippen molar-refractivity contribution < 1.29 is 0 Å². The van der Waals surface area contributed by atoms with Gasteiger partial charge in [-0.1, -0.05) is 37.5 Å². The second-order valence-corrected chi connectivity index (χ2v) is 4.59. The highest BCUT2D eigenvalue weighted by atomic mass is 15.0. The lowest BCUT2D eigenvalue weighted by Gasteiger charge is -2.07. The van der Waals surface area contributed by atoms with Crippen LogP contribution in [0.3, 0.4) is 0 Å². The van der Waals surface area contributed by atoms with Gasteiger partial charge in [0.1, 0.15) is 0 Å². The number of hydrogen-bond acceptors (Lipinski definition) is 0. The van der Waals surface area contributed by atoms with E-state index in [1.807, 2.05) is 6.08 Å². The number of nitrogens with zero attached hydrogens (tertiary/aromatic N) is 1. The molecular weight excluding hydrogens is 194 g/mol. The second kappa shape index (κ2) is 5.20. The first-order chi connectivity index (χ1) is 7.85. The number of aromatic nitrogens is 1. The summed E-state index contributed by atoms with van der Waals surface area (Å²) in [7, 11) is 0. The summed E-state index contributed by atoms with van der Waals surface area (Å²) in [5.41, 5.74) is 4.44. The third kappa shape index (κ3) is 2.29. The van der Waals surface area contributed by atoms with Crippen LogP contribution < -0.4 is 0 Å². The SMILES string of the molecule is C=CCC1=Cc2ccn(CCCCC)c2C1. The van der Waals surface area contributed by atoms with Gasteiger partial charge in [-0.2, -0.15) is 0 Å². The molecule has 0 spiro atoms. The molecule has 1 heterocycles. The molecule has 1 nitrogen and oxygen atoms in total. The summed E-state index contributed by atoms with van der Waals surface area (Å²) in [5, 5.41) is 0. The fraction of sp³-hybridized carbons (Fsp3) is 0.467. The molecule has 0 amide bonds. The molecular formula is C15H21N. The van der Waals surface area contributed by atoms with E-state index in [9.17, 15) is 0 Å². The summed E-state index contributed by atoms with van der Waals surface area (Å²) >= 11 is 0. The highest BCUT2D eigenvalue weighted by Gasteiger charge is 2.15. The predicted molar refractivity (Wildman–Crippen MR) is 70.5 cm³/mol. The molecule has 0 saturated heterocycles. The number of aryl methyl sites for hydroxylation is 1. The molecule has 1 aromatic rings. The molecule has 0 bridgehead atoms. The molecule has 1 aliphatic rings. The molecule has 1 heteroatoms. The summed E-state index contributed by atoms with van der Waals surface area (Å²) in [4.78, 5) is 0. The maximum atomic E-state index is 3.81. The maximum Gasteiger partial charge on any atom is 0.0288 e. The van der Waals surface area contributed by atoms with Crippen LogP contribution in [-0.4, -0.2) is 4.57 Å².